The van der Waals surface area contributed by atoms with E-state index in [9.17, 15) is 4.79 Å². The topological polar surface area (TPSA) is 98.5 Å². The number of likely N-dealkylation sites (N-methyl/N-ethyl adjacent to an activating group) is 1. The van der Waals surface area contributed by atoms with Crippen LogP contribution in [-0.4, -0.2) is 62.1 Å². The second-order valence-corrected chi connectivity index (χ2v) is 6.60. The Bertz CT molecular complexity index is 521. The van der Waals surface area contributed by atoms with Crippen molar-refractivity contribution in [2.24, 2.45) is 0 Å². The van der Waals surface area contributed by atoms with Gasteiger partial charge in [0, 0.05) is 31.5 Å². The zero-order chi connectivity index (χ0) is 18.1. The van der Waals surface area contributed by atoms with Gasteiger partial charge in [0.05, 0.1) is 13.2 Å². The molecule has 2 N–H and O–H groups in total. The quantitative estimate of drug-likeness (QED) is 0.583. The van der Waals surface area contributed by atoms with Gasteiger partial charge in [-0.05, 0) is 39.7 Å². The molecule has 1 unspecified atom stereocenters. The second-order valence-electron chi connectivity index (χ2n) is 6.60. The van der Waals surface area contributed by atoms with Crippen LogP contribution < -0.4 is 10.6 Å². The molecular weight excluding hydrogens is 360 g/mol. The lowest BCUT2D eigenvalue weighted by Crippen LogP contribution is -2.39. The Labute approximate surface area is 161 Å². The second kappa shape index (κ2) is 12.2. The number of hydrogen-bond acceptors (Lipinski definition) is 7. The maximum Gasteiger partial charge on any atom is 0.246 e. The van der Waals surface area contributed by atoms with Crippen molar-refractivity contribution < 1.29 is 18.8 Å². The van der Waals surface area contributed by atoms with Crippen LogP contribution in [0.15, 0.2) is 4.52 Å². The highest BCUT2D eigenvalue weighted by Crippen LogP contribution is 2.32. The Morgan fingerprint density at radius 2 is 2.04 bits per heavy atom. The van der Waals surface area contributed by atoms with Crippen LogP contribution in [0.2, 0.25) is 0 Å². The van der Waals surface area contributed by atoms with Crippen molar-refractivity contribution in [1.82, 2.24) is 20.8 Å². The Kier molecular flexibility index (Phi) is 10.7. The van der Waals surface area contributed by atoms with E-state index in [0.717, 1.165) is 43.8 Å². The van der Waals surface area contributed by atoms with Gasteiger partial charge in [0.25, 0.3) is 0 Å². The van der Waals surface area contributed by atoms with Crippen LogP contribution in [0.3, 0.4) is 0 Å². The third-order valence-corrected chi connectivity index (χ3v) is 4.57. The minimum Gasteiger partial charge on any atom is -0.382 e. The molecule has 1 aliphatic carbocycles. The molecule has 0 aromatic carbocycles. The van der Waals surface area contributed by atoms with Crippen LogP contribution in [0.4, 0.5) is 0 Å². The lowest BCUT2D eigenvalue weighted by Gasteiger charge is -2.27. The highest BCUT2D eigenvalue weighted by molar-refractivity contribution is 5.85. The van der Waals surface area contributed by atoms with Crippen molar-refractivity contribution in [3.05, 3.63) is 11.7 Å². The lowest BCUT2D eigenvalue weighted by molar-refractivity contribution is -0.127. The number of aromatic nitrogens is 2. The summed E-state index contributed by atoms with van der Waals surface area (Å²) >= 11 is 0. The van der Waals surface area contributed by atoms with Crippen molar-refractivity contribution in [2.75, 3.05) is 34.0 Å². The van der Waals surface area contributed by atoms with Gasteiger partial charge in [0.2, 0.25) is 11.8 Å². The zero-order valence-corrected chi connectivity index (χ0v) is 16.6. The third-order valence-electron chi connectivity index (χ3n) is 4.57. The van der Waals surface area contributed by atoms with E-state index in [2.05, 4.69) is 27.7 Å². The molecule has 1 saturated carbocycles. The fourth-order valence-electron chi connectivity index (χ4n) is 2.95. The van der Waals surface area contributed by atoms with Crippen LogP contribution in [0.1, 0.15) is 50.2 Å². The number of carbonyl (C=O) groups is 1. The largest absolute Gasteiger partial charge is 0.382 e. The summed E-state index contributed by atoms with van der Waals surface area (Å²) in [6, 6.07) is 0.518. The van der Waals surface area contributed by atoms with Crippen LogP contribution in [-0.2, 0) is 20.7 Å². The molecule has 1 aliphatic rings. The van der Waals surface area contributed by atoms with Gasteiger partial charge in [-0.3, -0.25) is 4.79 Å². The number of nitrogens with one attached hydrogen (secondary N) is 2. The monoisotopic (exact) mass is 390 g/mol. The minimum absolute atomic E-state index is 0. The summed E-state index contributed by atoms with van der Waals surface area (Å²) in [5, 5.41) is 10.3. The standard InChI is InChI=1S/C17H30N4O4.ClH/c1-12(18-2)10-15-20-17(25-21-15)13-4-6-14(7-5-13)19-16(22)11-24-9-8-23-3;/h12-14,18H,4-11H2,1-3H3,(H,19,22);1H. The molecule has 8 nitrogen and oxygen atoms in total. The normalized spacial score (nSPS) is 21.0. The number of rotatable bonds is 10. The Morgan fingerprint density at radius 3 is 2.69 bits per heavy atom. The average molecular weight is 391 g/mol. The molecule has 26 heavy (non-hydrogen) atoms. The molecule has 150 valence electrons. The van der Waals surface area contributed by atoms with Gasteiger partial charge in [0.15, 0.2) is 5.82 Å². The van der Waals surface area contributed by atoms with Gasteiger partial charge in [0.1, 0.15) is 6.61 Å². The van der Waals surface area contributed by atoms with E-state index in [0.29, 0.717) is 19.3 Å². The summed E-state index contributed by atoms with van der Waals surface area (Å²) in [6.07, 6.45) is 4.48. The van der Waals surface area contributed by atoms with Gasteiger partial charge < -0.3 is 24.6 Å². The molecule has 0 spiro atoms. The predicted molar refractivity (Wildman–Crippen MR) is 99.6 cm³/mol. The van der Waals surface area contributed by atoms with Crippen LogP contribution >= 0.6 is 12.4 Å². The van der Waals surface area contributed by atoms with Crippen LogP contribution in [0.25, 0.3) is 0 Å². The molecule has 1 heterocycles. The first-order chi connectivity index (χ1) is 12.1. The summed E-state index contributed by atoms with van der Waals surface area (Å²) in [7, 11) is 3.53. The highest BCUT2D eigenvalue weighted by Gasteiger charge is 2.27. The van der Waals surface area contributed by atoms with E-state index < -0.39 is 0 Å². The van der Waals surface area contributed by atoms with Crippen molar-refractivity contribution in [2.45, 2.75) is 57.0 Å². The maximum absolute atomic E-state index is 11.8. The summed E-state index contributed by atoms with van der Waals surface area (Å²) < 4.78 is 15.5. The molecule has 0 bridgehead atoms. The van der Waals surface area contributed by atoms with Gasteiger partial charge >= 0.3 is 0 Å². The number of ether oxygens (including phenoxy) is 2. The first kappa shape index (κ1) is 22.8. The third kappa shape index (κ3) is 7.57. The Morgan fingerprint density at radius 1 is 1.31 bits per heavy atom. The van der Waals surface area contributed by atoms with Crippen molar-refractivity contribution in [3.8, 4) is 0 Å². The first-order valence-corrected chi connectivity index (χ1v) is 8.98. The highest BCUT2D eigenvalue weighted by atomic mass is 35.5. The van der Waals surface area contributed by atoms with E-state index in [-0.39, 0.29) is 36.9 Å². The fraction of sp³-hybridized carbons (Fsp3) is 0.824. The molecule has 1 fully saturated rings. The number of methoxy groups -OCH3 is 1. The summed E-state index contributed by atoms with van der Waals surface area (Å²) in [5.74, 6) is 1.70. The smallest absolute Gasteiger partial charge is 0.246 e. The van der Waals surface area contributed by atoms with Gasteiger partial charge in [-0.2, -0.15) is 4.98 Å². The summed E-state index contributed by atoms with van der Waals surface area (Å²) in [5.41, 5.74) is 0. The van der Waals surface area contributed by atoms with Crippen LogP contribution in [0, 0.1) is 0 Å². The number of halogens is 1. The van der Waals surface area contributed by atoms with Crippen LogP contribution in [0.5, 0.6) is 0 Å². The zero-order valence-electron chi connectivity index (χ0n) is 15.8. The van der Waals surface area contributed by atoms with E-state index >= 15 is 0 Å². The Balaban J connectivity index is 0.00000338. The minimum atomic E-state index is -0.0688. The summed E-state index contributed by atoms with van der Waals surface area (Å²) in [6.45, 7) is 3.10. The average Bonchev–Trinajstić information content (AvgIpc) is 3.07. The van der Waals surface area contributed by atoms with E-state index in [1.807, 2.05) is 7.05 Å². The van der Waals surface area contributed by atoms with E-state index in [1.165, 1.54) is 0 Å². The number of hydrogen-bond donors (Lipinski definition) is 2. The number of nitrogens with zero attached hydrogens (tertiary/aromatic N) is 2. The van der Waals surface area contributed by atoms with Crippen molar-refractivity contribution in [1.29, 1.82) is 0 Å². The van der Waals surface area contributed by atoms with Crippen molar-refractivity contribution >= 4 is 18.3 Å². The molecule has 0 saturated heterocycles. The first-order valence-electron chi connectivity index (χ1n) is 8.98. The molecular formula is C17H31ClN4O4. The molecule has 1 aromatic heterocycles. The lowest BCUT2D eigenvalue weighted by atomic mass is 9.86. The van der Waals surface area contributed by atoms with Gasteiger partial charge in [-0.1, -0.05) is 5.16 Å². The number of carbonyl (C=O) groups excluding carboxylic acids is 1. The summed E-state index contributed by atoms with van der Waals surface area (Å²) in [4.78, 5) is 16.4. The molecule has 0 radical (unpaired) electrons. The molecule has 1 atom stereocenters. The van der Waals surface area contributed by atoms with Gasteiger partial charge in [-0.15, -0.1) is 12.4 Å². The number of amides is 1. The maximum atomic E-state index is 11.8. The molecule has 9 heteroatoms. The molecule has 1 amide bonds. The van der Waals surface area contributed by atoms with E-state index in [1.54, 1.807) is 7.11 Å². The Hall–Kier alpha value is -1.22. The predicted octanol–water partition coefficient (Wildman–Crippen LogP) is 1.45. The molecule has 1 aromatic rings. The SMILES string of the molecule is CNC(C)Cc1noc(C2CCC(NC(=O)COCCOC)CC2)n1.Cl. The molecule has 0 aliphatic heterocycles. The van der Waals surface area contributed by atoms with Crippen molar-refractivity contribution in [3.63, 3.8) is 0 Å². The van der Waals surface area contributed by atoms with E-state index in [4.69, 9.17) is 14.0 Å². The molecule has 2 rings (SSSR count). The fourth-order valence-corrected chi connectivity index (χ4v) is 2.95. The van der Waals surface area contributed by atoms with Gasteiger partial charge in [-0.25, -0.2) is 0 Å².